The number of aliphatic hydroxyl groups is 1. The van der Waals surface area contributed by atoms with Crippen molar-refractivity contribution in [1.82, 2.24) is 19.5 Å². The fourth-order valence-electron chi connectivity index (χ4n) is 3.35. The van der Waals surface area contributed by atoms with Gasteiger partial charge in [0.25, 0.3) is 0 Å². The van der Waals surface area contributed by atoms with Crippen LogP contribution in [0.3, 0.4) is 0 Å². The molecule has 2 aromatic heterocycles. The molecule has 1 aliphatic rings. The van der Waals surface area contributed by atoms with E-state index >= 15 is 4.39 Å². The third-order valence-corrected chi connectivity index (χ3v) is 8.61. The zero-order chi connectivity index (χ0) is 28.6. The molecule has 1 saturated heterocycles. The molecule has 0 amide bonds. The van der Waals surface area contributed by atoms with Crippen molar-refractivity contribution in [3.05, 3.63) is 16.8 Å². The highest BCUT2D eigenvalue weighted by Crippen LogP contribution is 2.66. The summed E-state index contributed by atoms with van der Waals surface area (Å²) in [5, 5.41) is 14.2. The quantitative estimate of drug-likeness (QED) is 0.0811. The van der Waals surface area contributed by atoms with Crippen molar-refractivity contribution < 1.29 is 65.4 Å². The van der Waals surface area contributed by atoms with Gasteiger partial charge in [0.2, 0.25) is 17.6 Å². The van der Waals surface area contributed by atoms with Crippen molar-refractivity contribution in [2.75, 3.05) is 32.1 Å². The number of hydrogen-bond donors (Lipinski definition) is 6. The van der Waals surface area contributed by atoms with E-state index in [9.17, 15) is 28.6 Å². The summed E-state index contributed by atoms with van der Waals surface area (Å²) in [7, 11) is -17.3. The molecule has 0 radical (unpaired) electrons. The van der Waals surface area contributed by atoms with E-state index in [2.05, 4.69) is 38.1 Å². The molecule has 0 saturated carbocycles. The summed E-state index contributed by atoms with van der Waals surface area (Å²) in [5.74, 6) is -3.39. The summed E-state index contributed by atoms with van der Waals surface area (Å²) in [6, 6.07) is 0. The van der Waals surface area contributed by atoms with Gasteiger partial charge in [0.1, 0.15) is 24.6 Å². The van der Waals surface area contributed by atoms with Gasteiger partial charge in [-0.25, -0.2) is 23.1 Å². The number of phosphoric ester groups is 1. The Kier molecular flexibility index (Phi) is 8.53. The van der Waals surface area contributed by atoms with Gasteiger partial charge in [-0.15, -0.1) is 0 Å². The first-order valence-electron chi connectivity index (χ1n) is 9.91. The third kappa shape index (κ3) is 6.47. The van der Waals surface area contributed by atoms with Gasteiger partial charge in [0.05, 0.1) is 19.8 Å². The van der Waals surface area contributed by atoms with E-state index in [1.807, 2.05) is 0 Å². The highest BCUT2D eigenvalue weighted by molar-refractivity contribution is 7.66. The smallest absolute Gasteiger partial charge is 0.476 e. The van der Waals surface area contributed by atoms with E-state index in [0.29, 0.717) is 4.57 Å². The lowest BCUT2D eigenvalue weighted by Gasteiger charge is -2.33. The zero-order valence-corrected chi connectivity index (χ0v) is 21.6. The van der Waals surface area contributed by atoms with E-state index in [1.165, 1.54) is 0 Å². The van der Waals surface area contributed by atoms with Crippen molar-refractivity contribution in [3.63, 3.8) is 0 Å². The highest BCUT2D eigenvalue weighted by Gasteiger charge is 2.61. The number of anilines is 1. The molecular formula is C13H20FN8O13P3. The van der Waals surface area contributed by atoms with Gasteiger partial charge >= 0.3 is 23.5 Å². The first-order chi connectivity index (χ1) is 17.5. The first kappa shape index (κ1) is 30.3. The topological polar surface area (TPSA) is 317 Å². The molecule has 25 heteroatoms. The van der Waals surface area contributed by atoms with Crippen LogP contribution in [0, 0.1) is 0 Å². The maximum Gasteiger partial charge on any atom is 0.490 e. The second kappa shape index (κ2) is 10.7. The van der Waals surface area contributed by atoms with Crippen LogP contribution in [-0.4, -0.2) is 82.3 Å². The minimum absolute atomic E-state index is 0.0499. The number of azide groups is 1. The van der Waals surface area contributed by atoms with Crippen LogP contribution in [-0.2, 0) is 37.4 Å². The van der Waals surface area contributed by atoms with E-state index < -0.39 is 60.7 Å². The molecule has 0 aliphatic carbocycles. The van der Waals surface area contributed by atoms with Crippen molar-refractivity contribution in [2.24, 2.45) is 5.11 Å². The molecule has 3 heterocycles. The molecular weight excluding hydrogens is 588 g/mol. The molecule has 21 nitrogen and oxygen atoms in total. The third-order valence-electron chi connectivity index (χ3n) is 4.83. The normalized spacial score (nSPS) is 27.0. The van der Waals surface area contributed by atoms with Crippen molar-refractivity contribution in [2.45, 2.75) is 24.4 Å². The van der Waals surface area contributed by atoms with E-state index in [4.69, 9.17) is 30.5 Å². The summed E-state index contributed by atoms with van der Waals surface area (Å²) in [6.45, 7) is -1.47. The van der Waals surface area contributed by atoms with Crippen molar-refractivity contribution in [3.8, 4) is 5.88 Å². The molecule has 2 aromatic rings. The van der Waals surface area contributed by atoms with Gasteiger partial charge in [0, 0.05) is 4.91 Å². The maximum absolute atomic E-state index is 16.3. The molecule has 212 valence electrons. The predicted octanol–water partition coefficient (Wildman–Crippen LogP) is 0.213. The van der Waals surface area contributed by atoms with Crippen molar-refractivity contribution in [1.29, 1.82) is 0 Å². The summed E-state index contributed by atoms with van der Waals surface area (Å²) in [5.41, 5.74) is 11.6. The number of halogens is 1. The Labute approximate surface area is 210 Å². The number of aliphatic hydroxyl groups excluding tert-OH is 1. The average molecular weight is 608 g/mol. The molecule has 3 rings (SSSR count). The fraction of sp³-hybridized carbons (Fsp3) is 0.615. The Bertz CT molecular complexity index is 1400. The van der Waals surface area contributed by atoms with Crippen LogP contribution in [0.5, 0.6) is 5.88 Å². The number of ether oxygens (including phenoxy) is 2. The second-order valence-electron chi connectivity index (χ2n) is 7.43. The van der Waals surface area contributed by atoms with E-state index in [-0.39, 0.29) is 29.6 Å². The second-order valence-corrected chi connectivity index (χ2v) is 11.9. The average Bonchev–Trinajstić information content (AvgIpc) is 3.30. The van der Waals surface area contributed by atoms with Crippen LogP contribution in [0.25, 0.3) is 21.6 Å². The van der Waals surface area contributed by atoms with Crippen LogP contribution in [0.1, 0.15) is 6.92 Å². The van der Waals surface area contributed by atoms with Gasteiger partial charge in [-0.1, -0.05) is 5.11 Å². The SMILES string of the molecule is CCOc1nc(N)nc2c1ncn2[C@]1(F)CO[C@](CN=[N+]=[N-])(COP(=O)(O)OP(=O)(O)OP(=O)(O)O)[C@H]1O. The van der Waals surface area contributed by atoms with Crippen LogP contribution in [0.4, 0.5) is 10.3 Å². The van der Waals surface area contributed by atoms with Crippen LogP contribution in [0.15, 0.2) is 11.4 Å². The molecule has 1 aliphatic heterocycles. The van der Waals surface area contributed by atoms with Gasteiger partial charge in [-0.2, -0.15) is 18.6 Å². The standard InChI is InChI=1S/C13H20FN8O13P3/c1-2-31-9-7-8(19-11(15)20-9)22(6-17-7)13(14)5-32-12(10(13)23,3-18-21-16)4-33-37(27,28)35-38(29,30)34-36(24,25)26/h6,10,23H,2-5H2,1H3,(H,27,28)(H,29,30)(H2,15,19,20)(H2,24,25,26)/t10-,12-,13-/m1/s1. The predicted molar refractivity (Wildman–Crippen MR) is 119 cm³/mol. The fourth-order valence-corrected chi connectivity index (χ4v) is 6.43. The summed E-state index contributed by atoms with van der Waals surface area (Å²) in [6.07, 6.45) is -1.46. The number of hydrogen-bond acceptors (Lipinski definition) is 14. The highest BCUT2D eigenvalue weighted by atomic mass is 31.3. The summed E-state index contributed by atoms with van der Waals surface area (Å²) in [4.78, 5) is 50.4. The van der Waals surface area contributed by atoms with Crippen molar-refractivity contribution >= 4 is 40.6 Å². The molecule has 5 atom stereocenters. The monoisotopic (exact) mass is 608 g/mol. The van der Waals surface area contributed by atoms with Crippen LogP contribution >= 0.6 is 23.5 Å². The Balaban J connectivity index is 1.93. The molecule has 0 bridgehead atoms. The number of aromatic nitrogens is 4. The Morgan fingerprint density at radius 2 is 1.97 bits per heavy atom. The number of rotatable bonds is 12. The van der Waals surface area contributed by atoms with Crippen LogP contribution in [0.2, 0.25) is 0 Å². The largest absolute Gasteiger partial charge is 0.490 e. The molecule has 7 N–H and O–H groups in total. The lowest BCUT2D eigenvalue weighted by molar-refractivity contribution is -0.0980. The van der Waals surface area contributed by atoms with Gasteiger partial charge in [-0.05, 0) is 12.5 Å². The van der Waals surface area contributed by atoms with Gasteiger partial charge in [0.15, 0.2) is 11.2 Å². The van der Waals surface area contributed by atoms with Crippen LogP contribution < -0.4 is 10.5 Å². The zero-order valence-electron chi connectivity index (χ0n) is 18.9. The number of imidazole rings is 1. The Hall–Kier alpha value is -2.28. The first-order valence-corrected chi connectivity index (χ1v) is 14.4. The molecule has 0 spiro atoms. The maximum atomic E-state index is 16.3. The molecule has 38 heavy (non-hydrogen) atoms. The van der Waals surface area contributed by atoms with Gasteiger partial charge in [-0.3, -0.25) is 9.09 Å². The summed E-state index contributed by atoms with van der Waals surface area (Å²) >= 11 is 0. The molecule has 0 aromatic carbocycles. The lowest BCUT2D eigenvalue weighted by Crippen LogP contribution is -2.53. The minimum Gasteiger partial charge on any atom is -0.476 e. The summed E-state index contributed by atoms with van der Waals surface area (Å²) < 4.78 is 73.8. The Morgan fingerprint density at radius 3 is 2.58 bits per heavy atom. The number of alkyl halides is 1. The lowest BCUT2D eigenvalue weighted by atomic mass is 9.93. The number of fused-ring (bicyclic) bond motifs is 1. The van der Waals surface area contributed by atoms with E-state index in [1.54, 1.807) is 6.92 Å². The molecule has 1 fully saturated rings. The van der Waals surface area contributed by atoms with Gasteiger partial charge < -0.3 is 39.9 Å². The number of nitrogens with zero attached hydrogens (tertiary/aromatic N) is 7. The van der Waals surface area contributed by atoms with E-state index in [0.717, 1.165) is 6.33 Å². The number of nitrogen functional groups attached to an aromatic ring is 1. The molecule has 2 unspecified atom stereocenters. The Morgan fingerprint density at radius 1 is 1.29 bits per heavy atom. The number of nitrogens with two attached hydrogens (primary N) is 1. The minimum atomic E-state index is -5.87. The number of phosphoric acid groups is 3.